The zero-order valence-electron chi connectivity index (χ0n) is 10.3. The van der Waals surface area contributed by atoms with Gasteiger partial charge < -0.3 is 9.84 Å². The van der Waals surface area contributed by atoms with Crippen molar-refractivity contribution in [2.75, 3.05) is 13.7 Å². The van der Waals surface area contributed by atoms with Crippen LogP contribution in [0.4, 0.5) is 0 Å². The van der Waals surface area contributed by atoms with Crippen LogP contribution < -0.4 is 4.74 Å². The van der Waals surface area contributed by atoms with Crippen molar-refractivity contribution in [3.63, 3.8) is 0 Å². The summed E-state index contributed by atoms with van der Waals surface area (Å²) in [6, 6.07) is 16.1. The van der Waals surface area contributed by atoms with Crippen LogP contribution in [-0.2, 0) is 0 Å². The van der Waals surface area contributed by atoms with E-state index in [9.17, 15) is 0 Å². The lowest BCUT2D eigenvalue weighted by Gasteiger charge is -2.08. The molecular weight excluding hydrogens is 224 g/mol. The lowest BCUT2D eigenvalue weighted by atomic mass is 10.0. The minimum atomic E-state index is 0.0637. The second-order valence-corrected chi connectivity index (χ2v) is 3.91. The van der Waals surface area contributed by atoms with Crippen molar-refractivity contribution >= 4 is 6.08 Å². The van der Waals surface area contributed by atoms with Crippen molar-refractivity contribution in [1.29, 1.82) is 0 Å². The van der Waals surface area contributed by atoms with Crippen molar-refractivity contribution in [3.05, 3.63) is 60.2 Å². The maximum Gasteiger partial charge on any atom is 0.126 e. The van der Waals surface area contributed by atoms with Gasteiger partial charge >= 0.3 is 0 Å². The lowest BCUT2D eigenvalue weighted by molar-refractivity contribution is 0.343. The molecule has 0 aromatic heterocycles. The summed E-state index contributed by atoms with van der Waals surface area (Å²) in [5.74, 6) is 0.871. The molecule has 0 heterocycles. The van der Waals surface area contributed by atoms with Crippen molar-refractivity contribution < 1.29 is 9.84 Å². The van der Waals surface area contributed by atoms with Crippen LogP contribution in [0.3, 0.4) is 0 Å². The summed E-state index contributed by atoms with van der Waals surface area (Å²) < 4.78 is 5.35. The average molecular weight is 240 g/mol. The Morgan fingerprint density at radius 1 is 1.06 bits per heavy atom. The highest BCUT2D eigenvalue weighted by atomic mass is 16.5. The van der Waals surface area contributed by atoms with Gasteiger partial charge in [0.15, 0.2) is 0 Å². The maximum atomic E-state index is 8.73. The molecule has 18 heavy (non-hydrogen) atoms. The van der Waals surface area contributed by atoms with Gasteiger partial charge in [-0.25, -0.2) is 0 Å². The lowest BCUT2D eigenvalue weighted by Crippen LogP contribution is -1.87. The number of hydrogen-bond acceptors (Lipinski definition) is 2. The zero-order valence-corrected chi connectivity index (χ0v) is 10.3. The predicted molar refractivity (Wildman–Crippen MR) is 74.5 cm³/mol. The Morgan fingerprint density at radius 2 is 1.78 bits per heavy atom. The summed E-state index contributed by atoms with van der Waals surface area (Å²) in [5, 5.41) is 8.73. The van der Waals surface area contributed by atoms with Crippen LogP contribution >= 0.6 is 0 Å². The molecule has 2 aromatic carbocycles. The van der Waals surface area contributed by atoms with Gasteiger partial charge in [-0.2, -0.15) is 0 Å². The summed E-state index contributed by atoms with van der Waals surface area (Å²) in [4.78, 5) is 0. The molecule has 2 nitrogen and oxygen atoms in total. The molecular formula is C16H16O2. The van der Waals surface area contributed by atoms with Gasteiger partial charge in [0, 0.05) is 5.56 Å². The summed E-state index contributed by atoms with van der Waals surface area (Å²) in [6.45, 7) is 0.0637. The van der Waals surface area contributed by atoms with E-state index in [2.05, 4.69) is 12.1 Å². The van der Waals surface area contributed by atoms with Gasteiger partial charge in [-0.15, -0.1) is 0 Å². The topological polar surface area (TPSA) is 29.5 Å². The summed E-state index contributed by atoms with van der Waals surface area (Å²) in [5.41, 5.74) is 3.27. The SMILES string of the molecule is COc1ccccc1-c1ccc(C=CCO)cc1. The first-order valence-electron chi connectivity index (χ1n) is 5.86. The highest BCUT2D eigenvalue weighted by Gasteiger charge is 2.03. The van der Waals surface area contributed by atoms with Gasteiger partial charge in [0.1, 0.15) is 5.75 Å². The van der Waals surface area contributed by atoms with Crippen molar-refractivity contribution in [2.45, 2.75) is 0 Å². The molecule has 0 amide bonds. The number of methoxy groups -OCH3 is 1. The Hall–Kier alpha value is -2.06. The van der Waals surface area contributed by atoms with Crippen molar-refractivity contribution in [2.24, 2.45) is 0 Å². The van der Waals surface area contributed by atoms with E-state index in [0.717, 1.165) is 22.4 Å². The maximum absolute atomic E-state index is 8.73. The number of para-hydroxylation sites is 1. The highest BCUT2D eigenvalue weighted by molar-refractivity contribution is 5.71. The minimum Gasteiger partial charge on any atom is -0.496 e. The standard InChI is InChI=1S/C16H16O2/c1-18-16-7-3-2-6-15(16)14-10-8-13(9-11-14)5-4-12-17/h2-11,17H,12H2,1H3. The fraction of sp³-hybridized carbons (Fsp3) is 0.125. The van der Waals surface area contributed by atoms with Crippen molar-refractivity contribution in [1.82, 2.24) is 0 Å². The van der Waals surface area contributed by atoms with E-state index in [0.29, 0.717) is 0 Å². The van der Waals surface area contributed by atoms with Gasteiger partial charge in [0.25, 0.3) is 0 Å². The van der Waals surface area contributed by atoms with Crippen LogP contribution in [-0.4, -0.2) is 18.8 Å². The second kappa shape index (κ2) is 6.03. The summed E-state index contributed by atoms with van der Waals surface area (Å²) in [6.07, 6.45) is 3.62. The molecule has 0 spiro atoms. The van der Waals surface area contributed by atoms with Crippen LogP contribution in [0, 0.1) is 0 Å². The Labute approximate surface area is 107 Å². The first-order valence-corrected chi connectivity index (χ1v) is 5.86. The van der Waals surface area contributed by atoms with E-state index in [1.165, 1.54) is 0 Å². The van der Waals surface area contributed by atoms with E-state index in [1.807, 2.05) is 42.5 Å². The highest BCUT2D eigenvalue weighted by Crippen LogP contribution is 2.29. The van der Waals surface area contributed by atoms with E-state index in [4.69, 9.17) is 9.84 Å². The molecule has 0 saturated carbocycles. The molecule has 92 valence electrons. The first-order chi connectivity index (χ1) is 8.85. The molecule has 0 radical (unpaired) electrons. The Bertz CT molecular complexity index is 527. The third-order valence-electron chi connectivity index (χ3n) is 2.74. The molecule has 0 aliphatic rings. The molecule has 0 unspecified atom stereocenters. The van der Waals surface area contributed by atoms with E-state index < -0.39 is 0 Å². The molecule has 0 atom stereocenters. The Kier molecular flexibility index (Phi) is 4.15. The minimum absolute atomic E-state index is 0.0637. The normalized spacial score (nSPS) is 10.8. The average Bonchev–Trinajstić information content (AvgIpc) is 2.45. The molecule has 0 aliphatic carbocycles. The molecule has 1 N–H and O–H groups in total. The summed E-state index contributed by atoms with van der Waals surface area (Å²) >= 11 is 0. The van der Waals surface area contributed by atoms with Crippen LogP contribution in [0.1, 0.15) is 5.56 Å². The third-order valence-corrected chi connectivity index (χ3v) is 2.74. The van der Waals surface area contributed by atoms with E-state index in [1.54, 1.807) is 13.2 Å². The number of aliphatic hydroxyl groups excluding tert-OH is 1. The van der Waals surface area contributed by atoms with Crippen LogP contribution in [0.15, 0.2) is 54.6 Å². The van der Waals surface area contributed by atoms with Gasteiger partial charge in [0.2, 0.25) is 0 Å². The molecule has 2 heteroatoms. The van der Waals surface area contributed by atoms with Crippen molar-refractivity contribution in [3.8, 4) is 16.9 Å². The Balaban J connectivity index is 2.31. The quantitative estimate of drug-likeness (QED) is 0.887. The number of ether oxygens (including phenoxy) is 1. The van der Waals surface area contributed by atoms with Crippen LogP contribution in [0.5, 0.6) is 5.75 Å². The van der Waals surface area contributed by atoms with Crippen LogP contribution in [0.25, 0.3) is 17.2 Å². The van der Waals surface area contributed by atoms with Gasteiger partial charge in [-0.1, -0.05) is 54.6 Å². The monoisotopic (exact) mass is 240 g/mol. The van der Waals surface area contributed by atoms with E-state index in [-0.39, 0.29) is 6.61 Å². The number of aliphatic hydroxyl groups is 1. The molecule has 0 aliphatic heterocycles. The number of benzene rings is 2. The van der Waals surface area contributed by atoms with Gasteiger partial charge in [0.05, 0.1) is 13.7 Å². The molecule has 0 saturated heterocycles. The Morgan fingerprint density at radius 3 is 2.44 bits per heavy atom. The summed E-state index contributed by atoms with van der Waals surface area (Å²) in [7, 11) is 1.68. The number of rotatable bonds is 4. The van der Waals surface area contributed by atoms with Gasteiger partial charge in [-0.3, -0.25) is 0 Å². The van der Waals surface area contributed by atoms with E-state index >= 15 is 0 Å². The van der Waals surface area contributed by atoms with Crippen LogP contribution in [0.2, 0.25) is 0 Å². The molecule has 0 bridgehead atoms. The number of hydrogen-bond donors (Lipinski definition) is 1. The van der Waals surface area contributed by atoms with Gasteiger partial charge in [-0.05, 0) is 17.2 Å². The fourth-order valence-corrected chi connectivity index (χ4v) is 1.85. The first kappa shape index (κ1) is 12.4. The third kappa shape index (κ3) is 2.79. The molecule has 0 fully saturated rings. The predicted octanol–water partition coefficient (Wildman–Crippen LogP) is 3.37. The fourth-order valence-electron chi connectivity index (χ4n) is 1.85. The molecule has 2 aromatic rings. The smallest absolute Gasteiger partial charge is 0.126 e. The largest absolute Gasteiger partial charge is 0.496 e. The second-order valence-electron chi connectivity index (χ2n) is 3.91. The zero-order chi connectivity index (χ0) is 12.8. The molecule has 2 rings (SSSR count).